The molecule has 0 fully saturated rings. The monoisotopic (exact) mass is 251 g/mol. The number of nitriles is 1. The van der Waals surface area contributed by atoms with E-state index < -0.39 is 8.07 Å². The molecule has 0 heterocycles. The van der Waals surface area contributed by atoms with Crippen molar-refractivity contribution in [2.75, 3.05) is 0 Å². The van der Waals surface area contributed by atoms with Gasteiger partial charge in [-0.05, 0) is 23.3 Å². The molecule has 1 nitrogen and oxygen atoms in total. The van der Waals surface area contributed by atoms with Gasteiger partial charge in [0.05, 0.1) is 19.7 Å². The van der Waals surface area contributed by atoms with Gasteiger partial charge >= 0.3 is 0 Å². The first-order chi connectivity index (χ1) is 8.50. The summed E-state index contributed by atoms with van der Waals surface area (Å²) < 4.78 is 0. The van der Waals surface area contributed by atoms with E-state index in [0.717, 1.165) is 5.56 Å². The maximum Gasteiger partial charge on any atom is 0.0991 e. The SMILES string of the molecule is C[Si](C)(C)c1ccc(-c2ccc(C#N)cc2)cc1. The smallest absolute Gasteiger partial charge is 0.0991 e. The minimum absolute atomic E-state index is 0.706. The molecule has 0 aliphatic carbocycles. The van der Waals surface area contributed by atoms with Crippen molar-refractivity contribution in [2.24, 2.45) is 0 Å². The van der Waals surface area contributed by atoms with Crippen LogP contribution in [0.2, 0.25) is 19.6 Å². The molecular formula is C16H17NSi. The van der Waals surface area contributed by atoms with E-state index in [-0.39, 0.29) is 0 Å². The molecule has 2 heteroatoms. The van der Waals surface area contributed by atoms with Crippen LogP contribution in [0.4, 0.5) is 0 Å². The fourth-order valence-electron chi connectivity index (χ4n) is 1.90. The Morgan fingerprint density at radius 2 is 1.22 bits per heavy atom. The van der Waals surface area contributed by atoms with Gasteiger partial charge in [0.15, 0.2) is 0 Å². The molecule has 0 radical (unpaired) electrons. The van der Waals surface area contributed by atoms with Crippen molar-refractivity contribution >= 4 is 13.3 Å². The Morgan fingerprint density at radius 1 is 0.778 bits per heavy atom. The van der Waals surface area contributed by atoms with Crippen LogP contribution >= 0.6 is 0 Å². The average Bonchev–Trinajstić information content (AvgIpc) is 2.38. The standard InChI is InChI=1S/C16H17NSi/c1-18(2,3)16-10-8-15(9-11-16)14-6-4-13(12-17)5-7-14/h4-11H,1-3H3. The molecule has 0 unspecified atom stereocenters. The molecule has 0 N–H and O–H groups in total. The van der Waals surface area contributed by atoms with Crippen molar-refractivity contribution < 1.29 is 0 Å². The quantitative estimate of drug-likeness (QED) is 0.745. The zero-order valence-corrected chi connectivity index (χ0v) is 12.1. The van der Waals surface area contributed by atoms with Crippen LogP contribution < -0.4 is 5.19 Å². The molecule has 18 heavy (non-hydrogen) atoms. The summed E-state index contributed by atoms with van der Waals surface area (Å²) in [5.74, 6) is 0. The molecule has 90 valence electrons. The number of nitrogens with zero attached hydrogens (tertiary/aromatic N) is 1. The van der Waals surface area contributed by atoms with E-state index in [0.29, 0.717) is 5.56 Å². The molecule has 0 aliphatic heterocycles. The zero-order chi connectivity index (χ0) is 13.2. The first-order valence-corrected chi connectivity index (χ1v) is 9.62. The highest BCUT2D eigenvalue weighted by Gasteiger charge is 2.15. The van der Waals surface area contributed by atoms with Crippen LogP contribution in [0, 0.1) is 11.3 Å². The van der Waals surface area contributed by atoms with Gasteiger partial charge in [0.1, 0.15) is 0 Å². The highest BCUT2D eigenvalue weighted by Crippen LogP contribution is 2.19. The van der Waals surface area contributed by atoms with E-state index in [4.69, 9.17) is 5.26 Å². The predicted octanol–water partition coefficient (Wildman–Crippen LogP) is 3.77. The van der Waals surface area contributed by atoms with Gasteiger partial charge in [-0.15, -0.1) is 0 Å². The lowest BCUT2D eigenvalue weighted by molar-refractivity contribution is 1.48. The largest absolute Gasteiger partial charge is 0.192 e. The van der Waals surface area contributed by atoms with Gasteiger partial charge in [-0.2, -0.15) is 5.26 Å². The van der Waals surface area contributed by atoms with Crippen LogP contribution in [0.1, 0.15) is 5.56 Å². The summed E-state index contributed by atoms with van der Waals surface area (Å²) in [5, 5.41) is 10.3. The molecule has 0 bridgehead atoms. The number of benzene rings is 2. The van der Waals surface area contributed by atoms with Gasteiger partial charge in [-0.1, -0.05) is 61.2 Å². The third kappa shape index (κ3) is 2.69. The Morgan fingerprint density at radius 3 is 1.61 bits per heavy atom. The molecule has 0 saturated heterocycles. The van der Waals surface area contributed by atoms with Crippen molar-refractivity contribution in [3.8, 4) is 17.2 Å². The van der Waals surface area contributed by atoms with E-state index in [1.54, 1.807) is 0 Å². The van der Waals surface area contributed by atoms with Crippen LogP contribution in [-0.2, 0) is 0 Å². The Hall–Kier alpha value is -1.85. The summed E-state index contributed by atoms with van der Waals surface area (Å²) in [6.07, 6.45) is 0. The first kappa shape index (κ1) is 12.6. The van der Waals surface area contributed by atoms with Gasteiger partial charge in [0.2, 0.25) is 0 Å². The molecular weight excluding hydrogens is 234 g/mol. The van der Waals surface area contributed by atoms with Gasteiger partial charge in [-0.25, -0.2) is 0 Å². The Bertz CT molecular complexity index is 568. The first-order valence-electron chi connectivity index (χ1n) is 6.12. The van der Waals surface area contributed by atoms with Crippen LogP contribution in [0.25, 0.3) is 11.1 Å². The second-order valence-electron chi connectivity index (χ2n) is 5.52. The van der Waals surface area contributed by atoms with Crippen LogP contribution in [0.3, 0.4) is 0 Å². The van der Waals surface area contributed by atoms with E-state index >= 15 is 0 Å². The molecule has 0 saturated carbocycles. The van der Waals surface area contributed by atoms with Crippen LogP contribution in [0.15, 0.2) is 48.5 Å². The predicted molar refractivity (Wildman–Crippen MR) is 79.6 cm³/mol. The van der Waals surface area contributed by atoms with E-state index in [2.05, 4.69) is 50.0 Å². The third-order valence-electron chi connectivity index (χ3n) is 3.10. The number of hydrogen-bond acceptors (Lipinski definition) is 1. The topological polar surface area (TPSA) is 23.8 Å². The molecule has 0 atom stereocenters. The minimum Gasteiger partial charge on any atom is -0.192 e. The van der Waals surface area contributed by atoms with Gasteiger partial charge in [0.25, 0.3) is 0 Å². The maximum atomic E-state index is 8.78. The van der Waals surface area contributed by atoms with Gasteiger partial charge in [0, 0.05) is 0 Å². The Kier molecular flexibility index (Phi) is 3.36. The summed E-state index contributed by atoms with van der Waals surface area (Å²) >= 11 is 0. The average molecular weight is 251 g/mol. The Labute approximate surface area is 110 Å². The summed E-state index contributed by atoms with van der Waals surface area (Å²) in [6, 6.07) is 18.7. The maximum absolute atomic E-state index is 8.78. The molecule has 2 rings (SSSR count). The highest BCUT2D eigenvalue weighted by atomic mass is 28.3. The fourth-order valence-corrected chi connectivity index (χ4v) is 3.07. The van der Waals surface area contributed by atoms with Crippen LogP contribution in [0.5, 0.6) is 0 Å². The van der Waals surface area contributed by atoms with Crippen molar-refractivity contribution in [3.05, 3.63) is 54.1 Å². The molecule has 0 aromatic heterocycles. The molecule has 0 aliphatic rings. The van der Waals surface area contributed by atoms with Crippen molar-refractivity contribution in [1.29, 1.82) is 5.26 Å². The van der Waals surface area contributed by atoms with Gasteiger partial charge < -0.3 is 0 Å². The molecule has 2 aromatic rings. The highest BCUT2D eigenvalue weighted by molar-refractivity contribution is 6.88. The van der Waals surface area contributed by atoms with E-state index in [1.165, 1.54) is 10.8 Å². The van der Waals surface area contributed by atoms with Crippen molar-refractivity contribution in [1.82, 2.24) is 0 Å². The lowest BCUT2D eigenvalue weighted by atomic mass is 10.0. The van der Waals surface area contributed by atoms with E-state index in [9.17, 15) is 0 Å². The molecule has 0 amide bonds. The van der Waals surface area contributed by atoms with Crippen molar-refractivity contribution in [3.63, 3.8) is 0 Å². The third-order valence-corrected chi connectivity index (χ3v) is 5.16. The second kappa shape index (κ2) is 4.79. The minimum atomic E-state index is -1.21. The fraction of sp³-hybridized carbons (Fsp3) is 0.188. The summed E-state index contributed by atoms with van der Waals surface area (Å²) in [7, 11) is -1.21. The van der Waals surface area contributed by atoms with E-state index in [1.807, 2.05) is 24.3 Å². The lowest BCUT2D eigenvalue weighted by Gasteiger charge is -2.16. The molecule has 0 spiro atoms. The van der Waals surface area contributed by atoms with Gasteiger partial charge in [-0.3, -0.25) is 0 Å². The normalized spacial score (nSPS) is 11.0. The zero-order valence-electron chi connectivity index (χ0n) is 11.1. The molecule has 2 aromatic carbocycles. The lowest BCUT2D eigenvalue weighted by Crippen LogP contribution is -2.37. The second-order valence-corrected chi connectivity index (χ2v) is 10.6. The number of hydrogen-bond donors (Lipinski definition) is 0. The summed E-state index contributed by atoms with van der Waals surface area (Å²) in [4.78, 5) is 0. The van der Waals surface area contributed by atoms with Crippen molar-refractivity contribution in [2.45, 2.75) is 19.6 Å². The summed E-state index contributed by atoms with van der Waals surface area (Å²) in [6.45, 7) is 7.05. The number of rotatable bonds is 2. The Balaban J connectivity index is 2.32. The summed E-state index contributed by atoms with van der Waals surface area (Å²) in [5.41, 5.74) is 3.08. The van der Waals surface area contributed by atoms with Crippen LogP contribution in [-0.4, -0.2) is 8.07 Å².